The minimum absolute atomic E-state index is 0.219. The third kappa shape index (κ3) is 2.47. The van der Waals surface area contributed by atoms with Crippen molar-refractivity contribution < 1.29 is 8.42 Å². The number of pyridine rings is 1. The summed E-state index contributed by atoms with van der Waals surface area (Å²) < 4.78 is 26.3. The molecule has 1 N–H and O–H groups in total. The summed E-state index contributed by atoms with van der Waals surface area (Å²) in [5.41, 5.74) is 0. The topological polar surface area (TPSA) is 59.1 Å². The van der Waals surface area contributed by atoms with Crippen LogP contribution in [0.2, 0.25) is 5.02 Å². The Labute approximate surface area is 100 Å². The third-order valence-corrected chi connectivity index (χ3v) is 4.87. The number of nitrogens with zero attached hydrogens (tertiary/aromatic N) is 1. The van der Waals surface area contributed by atoms with Gasteiger partial charge < -0.3 is 0 Å². The van der Waals surface area contributed by atoms with Gasteiger partial charge in [0.25, 0.3) is 0 Å². The monoisotopic (exact) mass is 260 g/mol. The Balaban J connectivity index is 2.18. The summed E-state index contributed by atoms with van der Waals surface area (Å²) in [6, 6.07) is 3.27. The number of anilines is 1. The maximum Gasteiger partial charge on any atom is 0.236 e. The van der Waals surface area contributed by atoms with Crippen LogP contribution >= 0.6 is 11.6 Å². The van der Waals surface area contributed by atoms with E-state index in [0.29, 0.717) is 5.02 Å². The first-order valence-electron chi connectivity index (χ1n) is 5.22. The van der Waals surface area contributed by atoms with E-state index in [9.17, 15) is 8.42 Å². The van der Waals surface area contributed by atoms with Crippen molar-refractivity contribution in [3.05, 3.63) is 23.4 Å². The summed E-state index contributed by atoms with van der Waals surface area (Å²) in [7, 11) is -3.33. The van der Waals surface area contributed by atoms with E-state index >= 15 is 0 Å². The zero-order valence-corrected chi connectivity index (χ0v) is 10.3. The van der Waals surface area contributed by atoms with Crippen molar-refractivity contribution >= 4 is 27.4 Å². The Hall–Kier alpha value is -0.810. The summed E-state index contributed by atoms with van der Waals surface area (Å²) in [5.74, 6) is 0.219. The molecule has 0 spiro atoms. The highest BCUT2D eigenvalue weighted by Gasteiger charge is 2.29. The summed E-state index contributed by atoms with van der Waals surface area (Å²) in [5, 5.41) is 0.0228. The van der Waals surface area contributed by atoms with E-state index in [1.807, 2.05) is 0 Å². The molecule has 0 aromatic carbocycles. The molecular formula is C10H13ClN2O2S. The van der Waals surface area contributed by atoms with Gasteiger partial charge in [0.15, 0.2) is 5.82 Å². The number of sulfonamides is 1. The number of nitrogens with one attached hydrogen (secondary N) is 1. The number of hydrogen-bond donors (Lipinski definition) is 1. The van der Waals surface area contributed by atoms with Gasteiger partial charge in [-0.05, 0) is 25.0 Å². The summed E-state index contributed by atoms with van der Waals surface area (Å²) in [6.45, 7) is 0. The molecule has 0 saturated heterocycles. The van der Waals surface area contributed by atoms with E-state index in [0.717, 1.165) is 25.7 Å². The van der Waals surface area contributed by atoms with Crippen LogP contribution in [0.5, 0.6) is 0 Å². The molecule has 88 valence electrons. The van der Waals surface area contributed by atoms with Gasteiger partial charge in [0.05, 0.1) is 10.3 Å². The van der Waals surface area contributed by atoms with Gasteiger partial charge in [-0.2, -0.15) is 0 Å². The molecule has 0 atom stereocenters. The van der Waals surface area contributed by atoms with Gasteiger partial charge in [0.2, 0.25) is 10.0 Å². The van der Waals surface area contributed by atoms with Gasteiger partial charge in [0, 0.05) is 6.20 Å². The van der Waals surface area contributed by atoms with E-state index < -0.39 is 10.0 Å². The van der Waals surface area contributed by atoms with Gasteiger partial charge in [-0.1, -0.05) is 24.4 Å². The van der Waals surface area contributed by atoms with Crippen LogP contribution in [-0.2, 0) is 10.0 Å². The third-order valence-electron chi connectivity index (χ3n) is 2.74. The minimum Gasteiger partial charge on any atom is -0.266 e. The molecule has 1 heterocycles. The molecule has 1 aromatic heterocycles. The van der Waals surface area contributed by atoms with Gasteiger partial charge in [0.1, 0.15) is 0 Å². The van der Waals surface area contributed by atoms with Crippen LogP contribution in [0.3, 0.4) is 0 Å². The van der Waals surface area contributed by atoms with Crippen molar-refractivity contribution in [1.29, 1.82) is 0 Å². The molecule has 16 heavy (non-hydrogen) atoms. The van der Waals surface area contributed by atoms with E-state index in [4.69, 9.17) is 11.6 Å². The fraction of sp³-hybridized carbons (Fsp3) is 0.500. The molecule has 6 heteroatoms. The molecule has 0 bridgehead atoms. The van der Waals surface area contributed by atoms with Gasteiger partial charge in [-0.3, -0.25) is 4.72 Å². The number of halogens is 1. The fourth-order valence-corrected chi connectivity index (χ4v) is 3.66. The highest BCUT2D eigenvalue weighted by molar-refractivity contribution is 7.93. The Morgan fingerprint density at radius 2 is 2.06 bits per heavy atom. The lowest BCUT2D eigenvalue weighted by molar-refractivity contribution is 0.585. The highest BCUT2D eigenvalue weighted by atomic mass is 35.5. The normalized spacial score (nSPS) is 17.6. The first-order valence-corrected chi connectivity index (χ1v) is 7.14. The van der Waals surface area contributed by atoms with Crippen LogP contribution in [0.4, 0.5) is 5.82 Å². The summed E-state index contributed by atoms with van der Waals surface area (Å²) >= 11 is 5.85. The first-order chi connectivity index (χ1) is 7.59. The smallest absolute Gasteiger partial charge is 0.236 e. The van der Waals surface area contributed by atoms with E-state index in [-0.39, 0.29) is 11.1 Å². The molecule has 0 aliphatic heterocycles. The second-order valence-corrected chi connectivity index (χ2v) is 6.26. The molecule has 2 rings (SSSR count). The van der Waals surface area contributed by atoms with Crippen LogP contribution in [0.25, 0.3) is 0 Å². The standard InChI is InChI=1S/C10H13ClN2O2S/c11-9-6-3-7-12-10(9)13-16(14,15)8-4-1-2-5-8/h3,6-8H,1-2,4-5H2,(H,12,13). The van der Waals surface area contributed by atoms with Crippen molar-refractivity contribution in [2.45, 2.75) is 30.9 Å². The Morgan fingerprint density at radius 1 is 1.38 bits per heavy atom. The zero-order valence-electron chi connectivity index (χ0n) is 8.69. The van der Waals surface area contributed by atoms with Crippen LogP contribution in [-0.4, -0.2) is 18.7 Å². The van der Waals surface area contributed by atoms with Crippen molar-refractivity contribution in [3.8, 4) is 0 Å². The number of hydrogen-bond acceptors (Lipinski definition) is 3. The summed E-state index contributed by atoms with van der Waals surface area (Å²) in [4.78, 5) is 3.91. The average Bonchev–Trinajstić information content (AvgIpc) is 2.75. The molecule has 1 aliphatic rings. The van der Waals surface area contributed by atoms with E-state index in [1.54, 1.807) is 12.1 Å². The Morgan fingerprint density at radius 3 is 2.69 bits per heavy atom. The van der Waals surface area contributed by atoms with Gasteiger partial charge >= 0.3 is 0 Å². The van der Waals surface area contributed by atoms with Gasteiger partial charge in [-0.25, -0.2) is 13.4 Å². The second-order valence-electron chi connectivity index (χ2n) is 3.89. The maximum atomic E-state index is 11.9. The molecule has 1 aliphatic carbocycles. The van der Waals surface area contributed by atoms with Crippen LogP contribution in [0, 0.1) is 0 Å². The van der Waals surface area contributed by atoms with Crippen LogP contribution in [0.1, 0.15) is 25.7 Å². The average molecular weight is 261 g/mol. The number of aromatic nitrogens is 1. The van der Waals surface area contributed by atoms with Crippen LogP contribution < -0.4 is 4.72 Å². The van der Waals surface area contributed by atoms with Crippen molar-refractivity contribution in [3.63, 3.8) is 0 Å². The second kappa shape index (κ2) is 4.59. The predicted molar refractivity (Wildman–Crippen MR) is 64.0 cm³/mol. The first kappa shape index (κ1) is 11.7. The maximum absolute atomic E-state index is 11.9. The summed E-state index contributed by atoms with van der Waals surface area (Å²) in [6.07, 6.45) is 4.90. The quantitative estimate of drug-likeness (QED) is 0.908. The van der Waals surface area contributed by atoms with Crippen LogP contribution in [0.15, 0.2) is 18.3 Å². The zero-order chi connectivity index (χ0) is 11.6. The molecule has 1 aromatic rings. The Bertz CT molecular complexity index is 469. The number of rotatable bonds is 3. The SMILES string of the molecule is O=S(=O)(Nc1ncccc1Cl)C1CCCC1. The molecule has 0 radical (unpaired) electrons. The molecular weight excluding hydrogens is 248 g/mol. The predicted octanol–water partition coefficient (Wildman–Crippen LogP) is 2.42. The largest absolute Gasteiger partial charge is 0.266 e. The minimum atomic E-state index is -3.33. The lowest BCUT2D eigenvalue weighted by atomic mass is 10.4. The molecule has 1 fully saturated rings. The highest BCUT2D eigenvalue weighted by Crippen LogP contribution is 2.27. The van der Waals surface area contributed by atoms with E-state index in [1.165, 1.54) is 6.20 Å². The van der Waals surface area contributed by atoms with E-state index in [2.05, 4.69) is 9.71 Å². The lowest BCUT2D eigenvalue weighted by Crippen LogP contribution is -2.25. The molecule has 0 unspecified atom stereocenters. The molecule has 1 saturated carbocycles. The van der Waals surface area contributed by atoms with Gasteiger partial charge in [-0.15, -0.1) is 0 Å². The van der Waals surface area contributed by atoms with Crippen molar-refractivity contribution in [2.24, 2.45) is 0 Å². The van der Waals surface area contributed by atoms with Crippen molar-refractivity contribution in [1.82, 2.24) is 4.98 Å². The molecule has 4 nitrogen and oxygen atoms in total. The van der Waals surface area contributed by atoms with Crippen molar-refractivity contribution in [2.75, 3.05) is 4.72 Å². The Kier molecular flexibility index (Phi) is 3.35. The lowest BCUT2D eigenvalue weighted by Gasteiger charge is -2.13. The fourth-order valence-electron chi connectivity index (χ4n) is 1.88. The molecule has 0 amide bonds.